The van der Waals surface area contributed by atoms with Gasteiger partial charge in [0.2, 0.25) is 5.91 Å². The van der Waals surface area contributed by atoms with E-state index in [9.17, 15) is 19.1 Å². The molecule has 0 radical (unpaired) electrons. The molecule has 166 valence electrons. The highest BCUT2D eigenvalue weighted by molar-refractivity contribution is 5.97. The quantitative estimate of drug-likeness (QED) is 0.748. The molecule has 1 aliphatic heterocycles. The molecule has 3 rings (SSSR count). The number of hydrogen-bond donors (Lipinski definition) is 2. The molecule has 1 heterocycles. The minimum absolute atomic E-state index is 0.0773. The Morgan fingerprint density at radius 1 is 1.10 bits per heavy atom. The standard InChI is InChI=1S/C25H31FN2O3/c1-16(2)22(27-23(30)18-7-11-20(29)12-8-18)24(31)28-14-13-21(25(3,4)15-28)17-5-9-19(26)10-6-17/h5-12,16,21-22,29H,13-15H2,1-4H3,(H,27,30)/t21?,22-/m1/s1. The van der Waals surface area contributed by atoms with Crippen LogP contribution in [0.5, 0.6) is 5.75 Å². The lowest BCUT2D eigenvalue weighted by molar-refractivity contribution is -0.137. The molecule has 31 heavy (non-hydrogen) atoms. The third-order valence-electron chi connectivity index (χ3n) is 6.16. The maximum Gasteiger partial charge on any atom is 0.251 e. The average molecular weight is 427 g/mol. The first-order chi connectivity index (χ1) is 14.6. The number of amides is 2. The van der Waals surface area contributed by atoms with Crippen molar-refractivity contribution in [1.29, 1.82) is 0 Å². The number of piperidine rings is 1. The molecule has 1 unspecified atom stereocenters. The summed E-state index contributed by atoms with van der Waals surface area (Å²) in [7, 11) is 0. The second kappa shape index (κ2) is 9.08. The molecule has 2 aromatic carbocycles. The second-order valence-electron chi connectivity index (χ2n) is 9.38. The molecule has 6 heteroatoms. The number of carbonyl (C=O) groups is 2. The van der Waals surface area contributed by atoms with Crippen molar-refractivity contribution in [2.24, 2.45) is 11.3 Å². The Hall–Kier alpha value is -2.89. The minimum Gasteiger partial charge on any atom is -0.508 e. The zero-order valence-corrected chi connectivity index (χ0v) is 18.6. The summed E-state index contributed by atoms with van der Waals surface area (Å²) in [5, 5.41) is 12.3. The Balaban J connectivity index is 1.72. The lowest BCUT2D eigenvalue weighted by Gasteiger charge is -2.45. The Morgan fingerprint density at radius 3 is 2.26 bits per heavy atom. The third-order valence-corrected chi connectivity index (χ3v) is 6.16. The largest absolute Gasteiger partial charge is 0.508 e. The summed E-state index contributed by atoms with van der Waals surface area (Å²) in [6, 6.07) is 11.9. The number of nitrogens with zero attached hydrogens (tertiary/aromatic N) is 1. The maximum absolute atomic E-state index is 13.4. The molecule has 1 aliphatic rings. The van der Waals surface area contributed by atoms with Gasteiger partial charge in [-0.15, -0.1) is 0 Å². The van der Waals surface area contributed by atoms with E-state index in [1.807, 2.05) is 30.9 Å². The van der Waals surface area contributed by atoms with Crippen LogP contribution < -0.4 is 5.32 Å². The first kappa shape index (κ1) is 22.8. The Morgan fingerprint density at radius 2 is 1.71 bits per heavy atom. The van der Waals surface area contributed by atoms with Gasteiger partial charge in [0.05, 0.1) is 0 Å². The number of hydrogen-bond acceptors (Lipinski definition) is 3. The van der Waals surface area contributed by atoms with Crippen LogP contribution in [-0.2, 0) is 4.79 Å². The normalized spacial score (nSPS) is 19.2. The van der Waals surface area contributed by atoms with Gasteiger partial charge in [-0.1, -0.05) is 39.8 Å². The second-order valence-corrected chi connectivity index (χ2v) is 9.38. The van der Waals surface area contributed by atoms with Crippen LogP contribution in [0.25, 0.3) is 0 Å². The number of carbonyl (C=O) groups excluding carboxylic acids is 2. The molecule has 5 nitrogen and oxygen atoms in total. The van der Waals surface area contributed by atoms with Crippen LogP contribution in [0.15, 0.2) is 48.5 Å². The SMILES string of the molecule is CC(C)[C@@H](NC(=O)c1ccc(O)cc1)C(=O)N1CCC(c2ccc(F)cc2)C(C)(C)C1. The van der Waals surface area contributed by atoms with Gasteiger partial charge in [0.1, 0.15) is 17.6 Å². The average Bonchev–Trinajstić information content (AvgIpc) is 2.72. The topological polar surface area (TPSA) is 69.6 Å². The molecule has 0 aromatic heterocycles. The summed E-state index contributed by atoms with van der Waals surface area (Å²) < 4.78 is 13.3. The monoisotopic (exact) mass is 426 g/mol. The number of phenolic OH excluding ortho intramolecular Hbond substituents is 1. The Kier molecular flexibility index (Phi) is 6.68. The van der Waals surface area contributed by atoms with Crippen molar-refractivity contribution in [2.45, 2.75) is 46.1 Å². The molecule has 2 aromatic rings. The van der Waals surface area contributed by atoms with Crippen molar-refractivity contribution in [1.82, 2.24) is 10.2 Å². The first-order valence-electron chi connectivity index (χ1n) is 10.7. The molecule has 0 bridgehead atoms. The van der Waals surface area contributed by atoms with Gasteiger partial charge in [-0.3, -0.25) is 9.59 Å². The van der Waals surface area contributed by atoms with Gasteiger partial charge in [-0.05, 0) is 65.6 Å². The van der Waals surface area contributed by atoms with E-state index in [4.69, 9.17) is 0 Å². The van der Waals surface area contributed by atoms with Crippen molar-refractivity contribution in [3.05, 3.63) is 65.5 Å². The molecule has 0 aliphatic carbocycles. The van der Waals surface area contributed by atoms with E-state index in [0.29, 0.717) is 18.7 Å². The van der Waals surface area contributed by atoms with E-state index in [2.05, 4.69) is 19.2 Å². The summed E-state index contributed by atoms with van der Waals surface area (Å²) >= 11 is 0. The number of rotatable bonds is 5. The molecule has 1 saturated heterocycles. The van der Waals surface area contributed by atoms with Crippen LogP contribution >= 0.6 is 0 Å². The fourth-order valence-electron chi connectivity index (χ4n) is 4.41. The first-order valence-corrected chi connectivity index (χ1v) is 10.7. The molecule has 2 amide bonds. The highest BCUT2D eigenvalue weighted by Gasteiger charge is 2.40. The van der Waals surface area contributed by atoms with Gasteiger partial charge in [0, 0.05) is 18.7 Å². The van der Waals surface area contributed by atoms with Crippen LogP contribution in [0.3, 0.4) is 0 Å². The summed E-state index contributed by atoms with van der Waals surface area (Å²) in [5.74, 6) is -0.453. The van der Waals surface area contributed by atoms with Crippen molar-refractivity contribution < 1.29 is 19.1 Å². The van der Waals surface area contributed by atoms with E-state index >= 15 is 0 Å². The fraction of sp³-hybridized carbons (Fsp3) is 0.440. The fourth-order valence-corrected chi connectivity index (χ4v) is 4.41. The van der Waals surface area contributed by atoms with Gasteiger partial charge in [-0.25, -0.2) is 4.39 Å². The molecule has 0 saturated carbocycles. The summed E-state index contributed by atoms with van der Waals surface area (Å²) in [6.45, 7) is 9.22. The van der Waals surface area contributed by atoms with Crippen LogP contribution in [0.4, 0.5) is 4.39 Å². The number of likely N-dealkylation sites (tertiary alicyclic amines) is 1. The van der Waals surface area contributed by atoms with Crippen molar-refractivity contribution in [3.63, 3.8) is 0 Å². The number of benzene rings is 2. The van der Waals surface area contributed by atoms with E-state index < -0.39 is 6.04 Å². The Bertz CT molecular complexity index is 923. The van der Waals surface area contributed by atoms with Gasteiger partial charge in [-0.2, -0.15) is 0 Å². The number of halogens is 1. The molecule has 0 spiro atoms. The predicted molar refractivity (Wildman–Crippen MR) is 118 cm³/mol. The zero-order valence-electron chi connectivity index (χ0n) is 18.6. The highest BCUT2D eigenvalue weighted by Crippen LogP contribution is 2.42. The summed E-state index contributed by atoms with van der Waals surface area (Å²) in [5.41, 5.74) is 1.29. The van der Waals surface area contributed by atoms with Gasteiger partial charge in [0.25, 0.3) is 5.91 Å². The van der Waals surface area contributed by atoms with Gasteiger partial charge in [0.15, 0.2) is 0 Å². The third kappa shape index (κ3) is 5.24. The van der Waals surface area contributed by atoms with E-state index in [-0.39, 0.29) is 40.6 Å². The molecular weight excluding hydrogens is 395 g/mol. The molecule has 2 atom stereocenters. The van der Waals surface area contributed by atoms with E-state index in [1.54, 1.807) is 0 Å². The van der Waals surface area contributed by atoms with Crippen LogP contribution in [0.1, 0.15) is 56.0 Å². The van der Waals surface area contributed by atoms with Crippen molar-refractivity contribution in [3.8, 4) is 5.75 Å². The van der Waals surface area contributed by atoms with Gasteiger partial charge < -0.3 is 15.3 Å². The Labute approximate surface area is 183 Å². The van der Waals surface area contributed by atoms with Crippen LogP contribution in [-0.4, -0.2) is 41.0 Å². The minimum atomic E-state index is -0.639. The number of aromatic hydroxyl groups is 1. The summed E-state index contributed by atoms with van der Waals surface area (Å²) in [4.78, 5) is 27.8. The van der Waals surface area contributed by atoms with Crippen LogP contribution in [0.2, 0.25) is 0 Å². The van der Waals surface area contributed by atoms with Crippen molar-refractivity contribution >= 4 is 11.8 Å². The number of nitrogens with one attached hydrogen (secondary N) is 1. The lowest BCUT2D eigenvalue weighted by Crippen LogP contribution is -2.55. The molecule has 2 N–H and O–H groups in total. The molecule has 1 fully saturated rings. The van der Waals surface area contributed by atoms with Crippen molar-refractivity contribution in [2.75, 3.05) is 13.1 Å². The highest BCUT2D eigenvalue weighted by atomic mass is 19.1. The smallest absolute Gasteiger partial charge is 0.251 e. The van der Waals surface area contributed by atoms with E-state index in [0.717, 1.165) is 12.0 Å². The van der Waals surface area contributed by atoms with Crippen LogP contribution in [0, 0.1) is 17.2 Å². The predicted octanol–water partition coefficient (Wildman–Crippen LogP) is 4.33. The van der Waals surface area contributed by atoms with Gasteiger partial charge >= 0.3 is 0 Å². The zero-order chi connectivity index (χ0) is 22.8. The molecular formula is C25H31FN2O3. The number of phenols is 1. The van der Waals surface area contributed by atoms with E-state index in [1.165, 1.54) is 36.4 Å². The summed E-state index contributed by atoms with van der Waals surface area (Å²) in [6.07, 6.45) is 0.779. The maximum atomic E-state index is 13.4. The lowest BCUT2D eigenvalue weighted by atomic mass is 9.70.